The number of benzene rings is 1. The number of aliphatic hydroxyl groups is 1. The number of aliphatic hydroxyl groups excluding tert-OH is 1. The van der Waals surface area contributed by atoms with Crippen LogP contribution >= 0.6 is 0 Å². The van der Waals surface area contributed by atoms with Crippen LogP contribution in [0.2, 0.25) is 0 Å². The highest BCUT2D eigenvalue weighted by Gasteiger charge is 2.34. The fraction of sp³-hybridized carbons (Fsp3) is 0.462. The Labute approximate surface area is 111 Å². The second-order valence-corrected chi connectivity index (χ2v) is 3.88. The van der Waals surface area contributed by atoms with Crippen LogP contribution in [0.25, 0.3) is 0 Å². The first-order valence-corrected chi connectivity index (χ1v) is 5.72. The maximum absolute atomic E-state index is 10.8. The molecule has 0 aromatic heterocycles. The highest BCUT2D eigenvalue weighted by Crippen LogP contribution is 2.13. The van der Waals surface area contributed by atoms with Crippen LogP contribution in [0.15, 0.2) is 30.3 Å². The van der Waals surface area contributed by atoms with E-state index >= 15 is 0 Å². The van der Waals surface area contributed by atoms with E-state index in [1.165, 1.54) is 14.2 Å². The molecule has 0 amide bonds. The third-order valence-electron chi connectivity index (χ3n) is 2.58. The Morgan fingerprint density at radius 1 is 1.21 bits per heavy atom. The second-order valence-electron chi connectivity index (χ2n) is 3.88. The standard InChI is InChI=1S/C13H18O6/c1-17-13(18-2)11(10(14)12(15)16)19-8-9-6-4-3-5-7-9/h3-7,10-11,13-14H,8H2,1-2H3,(H,15,16)/t10-,11+/m1/s1. The van der Waals surface area contributed by atoms with Gasteiger partial charge in [-0.2, -0.15) is 0 Å². The second kappa shape index (κ2) is 7.85. The van der Waals surface area contributed by atoms with Gasteiger partial charge in [-0.3, -0.25) is 0 Å². The molecule has 0 aliphatic carbocycles. The minimum atomic E-state index is -1.73. The molecule has 2 N–H and O–H groups in total. The normalized spacial score (nSPS) is 14.3. The summed E-state index contributed by atoms with van der Waals surface area (Å²) in [6, 6.07) is 9.20. The van der Waals surface area contributed by atoms with Gasteiger partial charge in [0, 0.05) is 14.2 Å². The number of rotatable bonds is 8. The van der Waals surface area contributed by atoms with E-state index in [0.717, 1.165) is 5.56 Å². The van der Waals surface area contributed by atoms with Gasteiger partial charge in [0.1, 0.15) is 6.10 Å². The lowest BCUT2D eigenvalue weighted by Gasteiger charge is -2.26. The van der Waals surface area contributed by atoms with Crippen molar-refractivity contribution in [1.82, 2.24) is 0 Å². The van der Waals surface area contributed by atoms with Gasteiger partial charge in [0.2, 0.25) is 0 Å². The molecule has 0 spiro atoms. The SMILES string of the molecule is COC(OC)[C@@H](OCc1ccccc1)[C@@H](O)C(=O)O. The minimum Gasteiger partial charge on any atom is -0.479 e. The van der Waals surface area contributed by atoms with E-state index in [1.807, 2.05) is 30.3 Å². The lowest BCUT2D eigenvalue weighted by Crippen LogP contribution is -2.45. The number of carboxylic acid groups (broad SMARTS) is 1. The number of ether oxygens (including phenoxy) is 3. The number of carbonyl (C=O) groups is 1. The van der Waals surface area contributed by atoms with Crippen LogP contribution in [-0.2, 0) is 25.6 Å². The van der Waals surface area contributed by atoms with E-state index < -0.39 is 24.5 Å². The topological polar surface area (TPSA) is 85.2 Å². The summed E-state index contributed by atoms with van der Waals surface area (Å²) >= 11 is 0. The molecule has 0 aliphatic heterocycles. The summed E-state index contributed by atoms with van der Waals surface area (Å²) in [5.41, 5.74) is 0.857. The maximum Gasteiger partial charge on any atom is 0.335 e. The van der Waals surface area contributed by atoms with Crippen molar-refractivity contribution in [3.63, 3.8) is 0 Å². The Hall–Kier alpha value is -1.47. The molecule has 0 fully saturated rings. The summed E-state index contributed by atoms with van der Waals surface area (Å²) in [6.07, 6.45) is -3.81. The number of carboxylic acids is 1. The van der Waals surface area contributed by atoms with E-state index in [1.54, 1.807) is 0 Å². The van der Waals surface area contributed by atoms with E-state index in [0.29, 0.717) is 0 Å². The van der Waals surface area contributed by atoms with E-state index in [9.17, 15) is 9.90 Å². The van der Waals surface area contributed by atoms with Crippen molar-refractivity contribution in [2.75, 3.05) is 14.2 Å². The largest absolute Gasteiger partial charge is 0.479 e. The molecule has 0 heterocycles. The first kappa shape index (κ1) is 15.6. The third kappa shape index (κ3) is 4.60. The first-order valence-electron chi connectivity index (χ1n) is 5.72. The zero-order valence-corrected chi connectivity index (χ0v) is 10.9. The lowest BCUT2D eigenvalue weighted by molar-refractivity contribution is -0.216. The Kier molecular flexibility index (Phi) is 6.44. The number of aliphatic carboxylic acids is 1. The molecule has 2 atom stereocenters. The fourth-order valence-electron chi connectivity index (χ4n) is 1.59. The summed E-state index contributed by atoms with van der Waals surface area (Å²) in [5.74, 6) is -1.39. The van der Waals surface area contributed by atoms with Gasteiger partial charge in [0.15, 0.2) is 12.4 Å². The smallest absolute Gasteiger partial charge is 0.335 e. The molecule has 0 saturated heterocycles. The quantitative estimate of drug-likeness (QED) is 0.674. The number of hydrogen-bond acceptors (Lipinski definition) is 5. The third-order valence-corrected chi connectivity index (χ3v) is 2.58. The van der Waals surface area contributed by atoms with Crippen molar-refractivity contribution >= 4 is 5.97 Å². The van der Waals surface area contributed by atoms with Crippen LogP contribution in [-0.4, -0.2) is 48.9 Å². The van der Waals surface area contributed by atoms with Crippen molar-refractivity contribution in [3.05, 3.63) is 35.9 Å². The highest BCUT2D eigenvalue weighted by atomic mass is 16.7. The van der Waals surface area contributed by atoms with E-state index in [-0.39, 0.29) is 6.61 Å². The zero-order valence-electron chi connectivity index (χ0n) is 10.9. The number of hydrogen-bond donors (Lipinski definition) is 2. The predicted molar refractivity (Wildman–Crippen MR) is 66.5 cm³/mol. The summed E-state index contributed by atoms with van der Waals surface area (Å²) in [7, 11) is 2.70. The van der Waals surface area contributed by atoms with Crippen molar-refractivity contribution in [3.8, 4) is 0 Å². The Morgan fingerprint density at radius 2 is 1.79 bits per heavy atom. The van der Waals surface area contributed by atoms with E-state index in [4.69, 9.17) is 19.3 Å². The van der Waals surface area contributed by atoms with Crippen LogP contribution in [0.5, 0.6) is 0 Å². The van der Waals surface area contributed by atoms with E-state index in [2.05, 4.69) is 0 Å². The van der Waals surface area contributed by atoms with Crippen LogP contribution in [0, 0.1) is 0 Å². The molecule has 0 aliphatic rings. The first-order chi connectivity index (χ1) is 9.10. The molecule has 1 aromatic rings. The van der Waals surface area contributed by atoms with Crippen LogP contribution in [0.4, 0.5) is 0 Å². The summed E-state index contributed by atoms with van der Waals surface area (Å²) < 4.78 is 15.3. The molecular formula is C13H18O6. The van der Waals surface area contributed by atoms with Gasteiger partial charge in [0.05, 0.1) is 6.61 Å². The highest BCUT2D eigenvalue weighted by molar-refractivity contribution is 5.72. The zero-order chi connectivity index (χ0) is 14.3. The predicted octanol–water partition coefficient (Wildman–Crippen LogP) is 0.636. The van der Waals surface area contributed by atoms with Gasteiger partial charge < -0.3 is 24.4 Å². The molecular weight excluding hydrogens is 252 g/mol. The molecule has 1 aromatic carbocycles. The van der Waals surface area contributed by atoms with Gasteiger partial charge in [-0.25, -0.2) is 4.79 Å². The molecule has 0 radical (unpaired) electrons. The average Bonchev–Trinajstić information content (AvgIpc) is 2.43. The maximum atomic E-state index is 10.8. The van der Waals surface area contributed by atoms with Crippen molar-refractivity contribution in [1.29, 1.82) is 0 Å². The van der Waals surface area contributed by atoms with Gasteiger partial charge in [-0.05, 0) is 5.56 Å². The Balaban J connectivity index is 2.71. The summed E-state index contributed by atoms with van der Waals surface area (Å²) in [5, 5.41) is 18.5. The van der Waals surface area contributed by atoms with Gasteiger partial charge in [-0.1, -0.05) is 30.3 Å². The minimum absolute atomic E-state index is 0.152. The molecule has 19 heavy (non-hydrogen) atoms. The van der Waals surface area contributed by atoms with Crippen molar-refractivity contribution < 1.29 is 29.2 Å². The molecule has 0 bridgehead atoms. The fourth-order valence-corrected chi connectivity index (χ4v) is 1.59. The van der Waals surface area contributed by atoms with Crippen molar-refractivity contribution in [2.45, 2.75) is 25.1 Å². The molecule has 6 heteroatoms. The molecule has 1 rings (SSSR count). The van der Waals surface area contributed by atoms with Crippen molar-refractivity contribution in [2.24, 2.45) is 0 Å². The molecule has 6 nitrogen and oxygen atoms in total. The van der Waals surface area contributed by atoms with Gasteiger partial charge in [0.25, 0.3) is 0 Å². The molecule has 106 valence electrons. The summed E-state index contributed by atoms with van der Waals surface area (Å²) in [6.45, 7) is 0.152. The molecule has 0 unspecified atom stereocenters. The summed E-state index contributed by atoms with van der Waals surface area (Å²) in [4.78, 5) is 10.8. The van der Waals surface area contributed by atoms with Gasteiger partial charge >= 0.3 is 5.97 Å². The molecule has 0 saturated carbocycles. The lowest BCUT2D eigenvalue weighted by atomic mass is 10.2. The van der Waals surface area contributed by atoms with Crippen LogP contribution in [0.1, 0.15) is 5.56 Å². The number of methoxy groups -OCH3 is 2. The van der Waals surface area contributed by atoms with Crippen LogP contribution in [0.3, 0.4) is 0 Å². The van der Waals surface area contributed by atoms with Crippen LogP contribution < -0.4 is 0 Å². The monoisotopic (exact) mass is 270 g/mol. The Bertz CT molecular complexity index is 376. The Morgan fingerprint density at radius 3 is 2.26 bits per heavy atom. The van der Waals surface area contributed by atoms with Gasteiger partial charge in [-0.15, -0.1) is 0 Å². The average molecular weight is 270 g/mol.